The second-order valence-corrected chi connectivity index (χ2v) is 7.28. The van der Waals surface area contributed by atoms with E-state index in [2.05, 4.69) is 5.32 Å². The molecule has 2 rings (SSSR count). The van der Waals surface area contributed by atoms with Gasteiger partial charge in [-0.2, -0.15) is 0 Å². The molecule has 3 amide bonds. The molecule has 0 bridgehead atoms. The first-order valence-electron chi connectivity index (χ1n) is 9.99. The number of likely N-dealkylation sites (tertiary alicyclic amines) is 1. The van der Waals surface area contributed by atoms with Crippen LogP contribution in [-0.4, -0.2) is 66.0 Å². The molecule has 1 heterocycles. The summed E-state index contributed by atoms with van der Waals surface area (Å²) in [5.74, 6) is 0.0501. The van der Waals surface area contributed by atoms with Gasteiger partial charge in [0.25, 0.3) is 0 Å². The van der Waals surface area contributed by atoms with Crippen molar-refractivity contribution in [3.8, 4) is 0 Å². The molecule has 0 radical (unpaired) electrons. The molecule has 7 nitrogen and oxygen atoms in total. The van der Waals surface area contributed by atoms with Crippen LogP contribution in [0.1, 0.15) is 65.2 Å². The molecule has 0 aromatic rings. The molecule has 148 valence electrons. The number of amides is 3. The molecule has 1 aliphatic heterocycles. The van der Waals surface area contributed by atoms with Crippen molar-refractivity contribution in [2.75, 3.05) is 26.2 Å². The molecule has 2 fully saturated rings. The highest BCUT2D eigenvalue weighted by molar-refractivity contribution is 5.78. The molecule has 1 N–H and O–H groups in total. The van der Waals surface area contributed by atoms with Gasteiger partial charge in [-0.25, -0.2) is 4.79 Å². The first-order valence-corrected chi connectivity index (χ1v) is 9.99. The lowest BCUT2D eigenvalue weighted by molar-refractivity contribution is -0.132. The standard InChI is InChI=1S/C19H33N3O4/c1-3-26-19(25)21-12-9-16(10-13-21)20-18(24)11-14-22(15(2)23)17-7-5-4-6-8-17/h16-17H,3-14H2,1-2H3,(H,20,24). The SMILES string of the molecule is CCOC(=O)N1CCC(NC(=O)CCN(C(C)=O)C2CCCCC2)CC1. The van der Waals surface area contributed by atoms with Gasteiger partial charge in [-0.1, -0.05) is 19.3 Å². The van der Waals surface area contributed by atoms with Crippen molar-refractivity contribution in [1.82, 2.24) is 15.1 Å². The van der Waals surface area contributed by atoms with Crippen LogP contribution < -0.4 is 5.32 Å². The van der Waals surface area contributed by atoms with Crippen LogP contribution in [0.3, 0.4) is 0 Å². The summed E-state index contributed by atoms with van der Waals surface area (Å²) in [6.07, 6.45) is 7.22. The molecule has 1 saturated heterocycles. The summed E-state index contributed by atoms with van der Waals surface area (Å²) < 4.78 is 5.00. The second kappa shape index (κ2) is 10.4. The van der Waals surface area contributed by atoms with Gasteiger partial charge in [-0.15, -0.1) is 0 Å². The van der Waals surface area contributed by atoms with Gasteiger partial charge in [0.05, 0.1) is 6.61 Å². The van der Waals surface area contributed by atoms with E-state index in [1.807, 2.05) is 4.90 Å². The van der Waals surface area contributed by atoms with Crippen LogP contribution in [0.25, 0.3) is 0 Å². The highest BCUT2D eigenvalue weighted by Gasteiger charge is 2.26. The minimum absolute atomic E-state index is 0.0124. The van der Waals surface area contributed by atoms with Crippen molar-refractivity contribution in [3.05, 3.63) is 0 Å². The van der Waals surface area contributed by atoms with Crippen LogP contribution in [-0.2, 0) is 14.3 Å². The number of hydrogen-bond acceptors (Lipinski definition) is 4. The van der Waals surface area contributed by atoms with E-state index in [9.17, 15) is 14.4 Å². The fourth-order valence-corrected chi connectivity index (χ4v) is 3.93. The van der Waals surface area contributed by atoms with E-state index in [0.717, 1.165) is 25.7 Å². The summed E-state index contributed by atoms with van der Waals surface area (Å²) in [5.41, 5.74) is 0. The monoisotopic (exact) mass is 367 g/mol. The summed E-state index contributed by atoms with van der Waals surface area (Å²) in [4.78, 5) is 39.5. The molecule has 0 aromatic heterocycles. The fraction of sp³-hybridized carbons (Fsp3) is 0.842. The summed E-state index contributed by atoms with van der Waals surface area (Å²) in [6, 6.07) is 0.385. The van der Waals surface area contributed by atoms with Crippen LogP contribution >= 0.6 is 0 Å². The normalized spacial score (nSPS) is 19.1. The first kappa shape index (κ1) is 20.5. The summed E-state index contributed by atoms with van der Waals surface area (Å²) in [7, 11) is 0. The smallest absolute Gasteiger partial charge is 0.409 e. The maximum absolute atomic E-state index is 12.3. The number of carbonyl (C=O) groups excluding carboxylic acids is 3. The van der Waals surface area contributed by atoms with Crippen LogP contribution in [0, 0.1) is 0 Å². The van der Waals surface area contributed by atoms with Gasteiger partial charge in [0, 0.05) is 45.1 Å². The van der Waals surface area contributed by atoms with E-state index in [4.69, 9.17) is 4.74 Å². The van der Waals surface area contributed by atoms with Crippen molar-refractivity contribution >= 4 is 17.9 Å². The molecule has 26 heavy (non-hydrogen) atoms. The quantitative estimate of drug-likeness (QED) is 0.781. The van der Waals surface area contributed by atoms with Crippen LogP contribution in [0.5, 0.6) is 0 Å². The van der Waals surface area contributed by atoms with Crippen LogP contribution in [0.4, 0.5) is 4.79 Å². The average Bonchev–Trinajstić information content (AvgIpc) is 2.63. The van der Waals surface area contributed by atoms with Gasteiger partial charge in [-0.05, 0) is 32.6 Å². The zero-order valence-electron chi connectivity index (χ0n) is 16.2. The Balaban J connectivity index is 1.71. The van der Waals surface area contributed by atoms with E-state index in [0.29, 0.717) is 38.7 Å². The van der Waals surface area contributed by atoms with E-state index in [1.165, 1.54) is 19.3 Å². The third-order valence-electron chi connectivity index (χ3n) is 5.39. The van der Waals surface area contributed by atoms with Gasteiger partial charge in [0.1, 0.15) is 0 Å². The maximum atomic E-state index is 12.3. The molecular formula is C19H33N3O4. The Morgan fingerprint density at radius 2 is 1.73 bits per heavy atom. The van der Waals surface area contributed by atoms with Crippen molar-refractivity contribution in [3.63, 3.8) is 0 Å². The van der Waals surface area contributed by atoms with E-state index < -0.39 is 0 Å². The largest absolute Gasteiger partial charge is 0.450 e. The number of ether oxygens (including phenoxy) is 1. The number of piperidine rings is 1. The minimum Gasteiger partial charge on any atom is -0.450 e. The van der Waals surface area contributed by atoms with Crippen LogP contribution in [0.2, 0.25) is 0 Å². The minimum atomic E-state index is -0.276. The predicted molar refractivity (Wildman–Crippen MR) is 98.6 cm³/mol. The van der Waals surface area contributed by atoms with Crippen molar-refractivity contribution in [1.29, 1.82) is 0 Å². The Hall–Kier alpha value is -1.79. The van der Waals surface area contributed by atoms with Crippen molar-refractivity contribution < 1.29 is 19.1 Å². The average molecular weight is 367 g/mol. The lowest BCUT2D eigenvalue weighted by atomic mass is 9.94. The van der Waals surface area contributed by atoms with E-state index >= 15 is 0 Å². The molecule has 2 aliphatic rings. The topological polar surface area (TPSA) is 79.0 Å². The summed E-state index contributed by atoms with van der Waals surface area (Å²) in [5, 5.41) is 3.05. The summed E-state index contributed by atoms with van der Waals surface area (Å²) in [6.45, 7) is 5.47. The molecule has 7 heteroatoms. The Morgan fingerprint density at radius 3 is 2.31 bits per heavy atom. The van der Waals surface area contributed by atoms with Gasteiger partial charge >= 0.3 is 6.09 Å². The zero-order chi connectivity index (χ0) is 18.9. The number of carbonyl (C=O) groups is 3. The molecule has 1 aliphatic carbocycles. The molecule has 1 saturated carbocycles. The third-order valence-corrected chi connectivity index (χ3v) is 5.39. The van der Waals surface area contributed by atoms with Crippen LogP contribution in [0.15, 0.2) is 0 Å². The Morgan fingerprint density at radius 1 is 1.08 bits per heavy atom. The van der Waals surface area contributed by atoms with Crippen molar-refractivity contribution in [2.24, 2.45) is 0 Å². The highest BCUT2D eigenvalue weighted by Crippen LogP contribution is 2.23. The van der Waals surface area contributed by atoms with E-state index in [-0.39, 0.29) is 23.9 Å². The molecule has 0 aromatic carbocycles. The first-order chi connectivity index (χ1) is 12.5. The van der Waals surface area contributed by atoms with Crippen molar-refractivity contribution in [2.45, 2.75) is 77.3 Å². The van der Waals surface area contributed by atoms with Gasteiger partial charge < -0.3 is 19.9 Å². The molecule has 0 unspecified atom stereocenters. The Labute approximate surface area is 156 Å². The Kier molecular flexibility index (Phi) is 8.19. The number of nitrogens with zero attached hydrogens (tertiary/aromatic N) is 2. The van der Waals surface area contributed by atoms with Gasteiger partial charge in [-0.3, -0.25) is 9.59 Å². The zero-order valence-corrected chi connectivity index (χ0v) is 16.2. The maximum Gasteiger partial charge on any atom is 0.409 e. The fourth-order valence-electron chi connectivity index (χ4n) is 3.93. The lowest BCUT2D eigenvalue weighted by Crippen LogP contribution is -2.47. The van der Waals surface area contributed by atoms with Gasteiger partial charge in [0.2, 0.25) is 11.8 Å². The Bertz CT molecular complexity index is 483. The molecule has 0 spiro atoms. The third kappa shape index (κ3) is 6.18. The molecular weight excluding hydrogens is 334 g/mol. The molecule has 0 atom stereocenters. The van der Waals surface area contributed by atoms with Gasteiger partial charge in [0.15, 0.2) is 0 Å². The predicted octanol–water partition coefficient (Wildman–Crippen LogP) is 2.29. The van der Waals surface area contributed by atoms with E-state index in [1.54, 1.807) is 18.7 Å². The second-order valence-electron chi connectivity index (χ2n) is 7.28. The summed E-state index contributed by atoms with van der Waals surface area (Å²) >= 11 is 0. The highest BCUT2D eigenvalue weighted by atomic mass is 16.6. The lowest BCUT2D eigenvalue weighted by Gasteiger charge is -2.34. The number of rotatable bonds is 6. The number of hydrogen-bond donors (Lipinski definition) is 1. The number of nitrogens with one attached hydrogen (secondary N) is 1.